The van der Waals surface area contributed by atoms with Crippen LogP contribution in [0.5, 0.6) is 0 Å². The zero-order valence-electron chi connectivity index (χ0n) is 9.09. The molecule has 0 saturated heterocycles. The topological polar surface area (TPSA) is 55.1 Å². The van der Waals surface area contributed by atoms with E-state index in [1.807, 2.05) is 0 Å². The van der Waals surface area contributed by atoms with E-state index in [-0.39, 0.29) is 11.9 Å². The highest BCUT2D eigenvalue weighted by Gasteiger charge is 2.20. The number of hydrogen-bond donors (Lipinski definition) is 2. The summed E-state index contributed by atoms with van der Waals surface area (Å²) in [4.78, 5) is 11.4. The van der Waals surface area contributed by atoms with E-state index < -0.39 is 0 Å². The molecule has 3 N–H and O–H groups in total. The Bertz CT molecular complexity index is 178. The minimum absolute atomic E-state index is 0.206. The molecule has 0 aromatic rings. The second kappa shape index (κ2) is 6.02. The minimum Gasteiger partial charge on any atom is -0.356 e. The number of carbonyl (C=O) groups excluding carboxylic acids is 1. The van der Waals surface area contributed by atoms with E-state index in [2.05, 4.69) is 12.2 Å². The van der Waals surface area contributed by atoms with Crippen molar-refractivity contribution in [3.8, 4) is 0 Å². The van der Waals surface area contributed by atoms with Gasteiger partial charge in [-0.2, -0.15) is 0 Å². The number of nitrogens with one attached hydrogen (secondary N) is 1. The number of rotatable bonds is 6. The van der Waals surface area contributed by atoms with E-state index >= 15 is 0 Å². The first-order valence-electron chi connectivity index (χ1n) is 5.74. The van der Waals surface area contributed by atoms with E-state index in [4.69, 9.17) is 5.73 Å². The Balaban J connectivity index is 1.97. The van der Waals surface area contributed by atoms with E-state index in [0.29, 0.717) is 5.92 Å². The van der Waals surface area contributed by atoms with Crippen molar-refractivity contribution in [1.82, 2.24) is 5.32 Å². The lowest BCUT2D eigenvalue weighted by atomic mass is 9.83. The van der Waals surface area contributed by atoms with Gasteiger partial charge < -0.3 is 11.1 Å². The van der Waals surface area contributed by atoms with Gasteiger partial charge in [0.2, 0.25) is 5.91 Å². The van der Waals surface area contributed by atoms with Crippen molar-refractivity contribution in [2.45, 2.75) is 51.5 Å². The van der Waals surface area contributed by atoms with Crippen molar-refractivity contribution in [3.63, 3.8) is 0 Å². The fraction of sp³-hybridized carbons (Fsp3) is 0.909. The van der Waals surface area contributed by atoms with Gasteiger partial charge in [-0.3, -0.25) is 4.79 Å². The van der Waals surface area contributed by atoms with Crippen molar-refractivity contribution >= 4 is 5.91 Å². The summed E-state index contributed by atoms with van der Waals surface area (Å²) < 4.78 is 0. The predicted molar refractivity (Wildman–Crippen MR) is 57.9 cm³/mol. The van der Waals surface area contributed by atoms with Gasteiger partial charge >= 0.3 is 0 Å². The normalized spacial score (nSPS) is 18.7. The highest BCUT2D eigenvalue weighted by atomic mass is 16.1. The average molecular weight is 198 g/mol. The molecule has 0 heterocycles. The highest BCUT2D eigenvalue weighted by molar-refractivity contribution is 5.76. The van der Waals surface area contributed by atoms with Gasteiger partial charge in [0.25, 0.3) is 0 Å². The Morgan fingerprint density at radius 2 is 2.29 bits per heavy atom. The second-order valence-electron chi connectivity index (χ2n) is 4.31. The van der Waals surface area contributed by atoms with Crippen molar-refractivity contribution in [2.75, 3.05) is 6.54 Å². The van der Waals surface area contributed by atoms with Crippen LogP contribution in [0.2, 0.25) is 0 Å². The highest BCUT2D eigenvalue weighted by Crippen LogP contribution is 2.28. The van der Waals surface area contributed by atoms with Gasteiger partial charge in [-0.25, -0.2) is 0 Å². The Morgan fingerprint density at radius 1 is 1.57 bits per heavy atom. The Kier molecular flexibility index (Phi) is 4.94. The molecular formula is C11H22N2O. The summed E-state index contributed by atoms with van der Waals surface area (Å²) in [5, 5.41) is 2.93. The van der Waals surface area contributed by atoms with E-state index in [1.165, 1.54) is 19.3 Å². The molecule has 0 aromatic carbocycles. The van der Waals surface area contributed by atoms with Crippen molar-refractivity contribution in [3.05, 3.63) is 0 Å². The minimum atomic E-state index is 0.206. The largest absolute Gasteiger partial charge is 0.356 e. The Labute approximate surface area is 86.4 Å². The van der Waals surface area contributed by atoms with Crippen LogP contribution in [0, 0.1) is 5.92 Å². The molecule has 1 aliphatic carbocycles. The molecule has 0 radical (unpaired) electrons. The first-order chi connectivity index (χ1) is 6.72. The zero-order chi connectivity index (χ0) is 10.4. The predicted octanol–water partition coefficient (Wildman–Crippen LogP) is 1.42. The number of amides is 1. The third-order valence-corrected chi connectivity index (χ3v) is 3.06. The molecule has 1 saturated carbocycles. The van der Waals surface area contributed by atoms with Crippen LogP contribution >= 0.6 is 0 Å². The first kappa shape index (κ1) is 11.5. The van der Waals surface area contributed by atoms with Gasteiger partial charge in [0.1, 0.15) is 0 Å². The molecule has 1 fully saturated rings. The molecule has 1 atom stereocenters. The summed E-state index contributed by atoms with van der Waals surface area (Å²) >= 11 is 0. The van der Waals surface area contributed by atoms with Gasteiger partial charge in [0.15, 0.2) is 0 Å². The van der Waals surface area contributed by atoms with Gasteiger partial charge in [-0.1, -0.05) is 13.3 Å². The van der Waals surface area contributed by atoms with Gasteiger partial charge in [0.05, 0.1) is 0 Å². The van der Waals surface area contributed by atoms with E-state index in [9.17, 15) is 4.79 Å². The number of hydrogen-bond acceptors (Lipinski definition) is 2. The maximum Gasteiger partial charge on any atom is 0.220 e. The summed E-state index contributed by atoms with van der Waals surface area (Å²) in [5.41, 5.74) is 5.75. The molecule has 0 aliphatic heterocycles. The van der Waals surface area contributed by atoms with Crippen molar-refractivity contribution in [2.24, 2.45) is 11.7 Å². The fourth-order valence-electron chi connectivity index (χ4n) is 1.63. The molecule has 3 nitrogen and oxygen atoms in total. The molecule has 1 aliphatic rings. The van der Waals surface area contributed by atoms with E-state index in [1.54, 1.807) is 0 Å². The maximum atomic E-state index is 11.4. The quantitative estimate of drug-likeness (QED) is 0.678. The summed E-state index contributed by atoms with van der Waals surface area (Å²) in [7, 11) is 0. The van der Waals surface area contributed by atoms with Crippen LogP contribution in [0.1, 0.15) is 45.4 Å². The Hall–Kier alpha value is -0.570. The number of carbonyl (C=O) groups is 1. The van der Waals surface area contributed by atoms with Crippen LogP contribution in [0.25, 0.3) is 0 Å². The zero-order valence-corrected chi connectivity index (χ0v) is 9.09. The standard InChI is InChI=1S/C11H22N2O/c1-2-10(12)6-7-13-11(14)8-9-4-3-5-9/h9-10H,2-8,12H2,1H3,(H,13,14). The molecule has 82 valence electrons. The summed E-state index contributed by atoms with van der Waals surface area (Å²) in [5.74, 6) is 0.868. The third kappa shape index (κ3) is 4.09. The average Bonchev–Trinajstić information content (AvgIpc) is 2.11. The molecule has 3 heteroatoms. The fourth-order valence-corrected chi connectivity index (χ4v) is 1.63. The third-order valence-electron chi connectivity index (χ3n) is 3.06. The molecule has 1 rings (SSSR count). The maximum absolute atomic E-state index is 11.4. The van der Waals surface area contributed by atoms with Crippen molar-refractivity contribution < 1.29 is 4.79 Å². The number of nitrogens with two attached hydrogens (primary N) is 1. The van der Waals surface area contributed by atoms with Crippen LogP contribution in [0.4, 0.5) is 0 Å². The van der Waals surface area contributed by atoms with Crippen LogP contribution in [0.15, 0.2) is 0 Å². The smallest absolute Gasteiger partial charge is 0.220 e. The molecule has 1 amide bonds. The van der Waals surface area contributed by atoms with Crippen LogP contribution in [-0.2, 0) is 4.79 Å². The lowest BCUT2D eigenvalue weighted by Gasteiger charge is -2.24. The molecule has 0 bridgehead atoms. The molecule has 14 heavy (non-hydrogen) atoms. The Morgan fingerprint density at radius 3 is 2.79 bits per heavy atom. The van der Waals surface area contributed by atoms with Gasteiger partial charge in [-0.15, -0.1) is 0 Å². The lowest BCUT2D eigenvalue weighted by molar-refractivity contribution is -0.122. The van der Waals surface area contributed by atoms with Crippen LogP contribution in [-0.4, -0.2) is 18.5 Å². The van der Waals surface area contributed by atoms with Crippen molar-refractivity contribution in [1.29, 1.82) is 0 Å². The van der Waals surface area contributed by atoms with Gasteiger partial charge in [0, 0.05) is 19.0 Å². The summed E-state index contributed by atoms with van der Waals surface area (Å²) in [6.07, 6.45) is 6.38. The van der Waals surface area contributed by atoms with E-state index in [0.717, 1.165) is 25.8 Å². The summed E-state index contributed by atoms with van der Waals surface area (Å²) in [6, 6.07) is 0.235. The first-order valence-corrected chi connectivity index (χ1v) is 5.74. The molecule has 0 aromatic heterocycles. The SMILES string of the molecule is CCC(N)CCNC(=O)CC1CCC1. The summed E-state index contributed by atoms with van der Waals surface area (Å²) in [6.45, 7) is 2.81. The monoisotopic (exact) mass is 198 g/mol. The van der Waals surface area contributed by atoms with Crippen LogP contribution < -0.4 is 11.1 Å². The molecule has 0 spiro atoms. The van der Waals surface area contributed by atoms with Gasteiger partial charge in [-0.05, 0) is 31.6 Å². The van der Waals surface area contributed by atoms with Crippen LogP contribution in [0.3, 0.4) is 0 Å². The molecular weight excluding hydrogens is 176 g/mol. The lowest BCUT2D eigenvalue weighted by Crippen LogP contribution is -2.32. The molecule has 1 unspecified atom stereocenters. The second-order valence-corrected chi connectivity index (χ2v) is 4.31.